The predicted molar refractivity (Wildman–Crippen MR) is 80.6 cm³/mol. The average molecular weight is 308 g/mol. The second-order valence-electron chi connectivity index (χ2n) is 4.31. The molecule has 2 rings (SSSR count). The molecule has 0 saturated carbocycles. The number of nitrogens with two attached hydrogens (primary N) is 1. The molecule has 8 heteroatoms. The number of rotatable bonds is 5. The van der Waals surface area contributed by atoms with E-state index >= 15 is 0 Å². The summed E-state index contributed by atoms with van der Waals surface area (Å²) in [4.78, 5) is 3.93. The molecule has 0 atom stereocenters. The molecule has 0 aliphatic rings. The Hall–Kier alpha value is -2.32. The zero-order valence-corrected chi connectivity index (χ0v) is 12.4. The fourth-order valence-corrected chi connectivity index (χ4v) is 2.77. The Balaban J connectivity index is 2.26. The Kier molecular flexibility index (Phi) is 4.29. The Morgan fingerprint density at radius 3 is 2.52 bits per heavy atom. The molecule has 1 heterocycles. The topological polar surface area (TPSA) is 106 Å². The van der Waals surface area contributed by atoms with Crippen molar-refractivity contribution in [2.75, 3.05) is 17.3 Å². The summed E-state index contributed by atoms with van der Waals surface area (Å²) < 4.78 is 32.1. The number of nitrogen functional groups attached to an aromatic ring is 1. The van der Waals surface area contributed by atoms with E-state index in [1.54, 1.807) is 25.3 Å². The highest BCUT2D eigenvalue weighted by molar-refractivity contribution is 7.92. The largest absolute Gasteiger partial charge is 0.496 e. The molecule has 0 fully saturated rings. The van der Waals surface area contributed by atoms with E-state index in [2.05, 4.69) is 15.1 Å². The zero-order chi connectivity index (χ0) is 15.5. The van der Waals surface area contributed by atoms with Crippen LogP contribution in [0.5, 0.6) is 5.75 Å². The lowest BCUT2D eigenvalue weighted by Crippen LogP contribution is -2.14. The van der Waals surface area contributed by atoms with Crippen molar-refractivity contribution in [2.45, 2.75) is 11.8 Å². The van der Waals surface area contributed by atoms with E-state index in [4.69, 9.17) is 10.6 Å². The van der Waals surface area contributed by atoms with E-state index in [0.29, 0.717) is 17.3 Å². The molecule has 112 valence electrons. The number of hydrogen-bond donors (Lipinski definition) is 3. The number of ether oxygens (including phenoxy) is 1. The number of hydrazine groups is 1. The molecule has 4 N–H and O–H groups in total. The van der Waals surface area contributed by atoms with Gasteiger partial charge in [0.15, 0.2) is 0 Å². The minimum atomic E-state index is -3.70. The summed E-state index contributed by atoms with van der Waals surface area (Å²) in [6.45, 7) is 1.83. The van der Waals surface area contributed by atoms with Gasteiger partial charge in [-0.1, -0.05) is 0 Å². The number of nitrogens with one attached hydrogen (secondary N) is 2. The molecule has 0 spiro atoms. The van der Waals surface area contributed by atoms with Gasteiger partial charge in [0.05, 0.1) is 7.11 Å². The van der Waals surface area contributed by atoms with Crippen molar-refractivity contribution < 1.29 is 13.2 Å². The first-order valence-corrected chi connectivity index (χ1v) is 7.54. The maximum Gasteiger partial charge on any atom is 0.263 e. The van der Waals surface area contributed by atoms with Crippen LogP contribution in [0.3, 0.4) is 0 Å². The smallest absolute Gasteiger partial charge is 0.263 e. The third-order valence-corrected chi connectivity index (χ3v) is 4.21. The Morgan fingerprint density at radius 1 is 1.24 bits per heavy atom. The molecule has 2 aromatic rings. The summed E-state index contributed by atoms with van der Waals surface area (Å²) in [6, 6.07) is 7.92. The second-order valence-corrected chi connectivity index (χ2v) is 6.00. The standard InChI is InChI=1S/C13H16N4O3S/c1-9-7-10(3-5-12(9)20-2)17-21(18,19)11-4-6-13(16-14)15-8-11/h3-8,17H,14H2,1-2H3,(H,15,16). The van der Waals surface area contributed by atoms with E-state index in [-0.39, 0.29) is 4.90 Å². The normalized spacial score (nSPS) is 11.0. The van der Waals surface area contributed by atoms with Gasteiger partial charge in [-0.2, -0.15) is 0 Å². The van der Waals surface area contributed by atoms with Crippen molar-refractivity contribution in [3.8, 4) is 5.75 Å². The van der Waals surface area contributed by atoms with E-state index in [1.165, 1.54) is 18.3 Å². The third-order valence-electron chi connectivity index (χ3n) is 2.84. The zero-order valence-electron chi connectivity index (χ0n) is 11.6. The molecule has 0 aliphatic heterocycles. The summed E-state index contributed by atoms with van der Waals surface area (Å²) in [5, 5.41) is 0. The van der Waals surface area contributed by atoms with Crippen molar-refractivity contribution >= 4 is 21.5 Å². The number of anilines is 2. The van der Waals surface area contributed by atoms with Gasteiger partial charge in [-0.05, 0) is 42.8 Å². The average Bonchev–Trinajstić information content (AvgIpc) is 2.47. The van der Waals surface area contributed by atoms with Crippen molar-refractivity contribution in [3.05, 3.63) is 42.1 Å². The second kappa shape index (κ2) is 5.98. The Morgan fingerprint density at radius 2 is 2.00 bits per heavy atom. The monoisotopic (exact) mass is 308 g/mol. The first-order valence-electron chi connectivity index (χ1n) is 6.06. The van der Waals surface area contributed by atoms with Crippen LogP contribution < -0.4 is 20.7 Å². The van der Waals surface area contributed by atoms with Crippen LogP contribution in [0.2, 0.25) is 0 Å². The molecule has 1 aromatic carbocycles. The van der Waals surface area contributed by atoms with E-state index in [1.807, 2.05) is 6.92 Å². The lowest BCUT2D eigenvalue weighted by atomic mass is 10.2. The van der Waals surface area contributed by atoms with Crippen molar-refractivity contribution in [3.63, 3.8) is 0 Å². The molecule has 0 radical (unpaired) electrons. The number of nitrogens with zero attached hydrogens (tertiary/aromatic N) is 1. The number of aryl methyl sites for hydroxylation is 1. The summed E-state index contributed by atoms with van der Waals surface area (Å²) in [6.07, 6.45) is 1.23. The maximum atomic E-state index is 12.2. The molecule has 0 unspecified atom stereocenters. The van der Waals surface area contributed by atoms with Crippen molar-refractivity contribution in [1.82, 2.24) is 4.98 Å². The summed E-state index contributed by atoms with van der Waals surface area (Å²) in [5.41, 5.74) is 3.62. The molecule has 1 aromatic heterocycles. The summed E-state index contributed by atoms with van der Waals surface area (Å²) in [5.74, 6) is 6.26. The quantitative estimate of drug-likeness (QED) is 0.570. The van der Waals surface area contributed by atoms with Crippen LogP contribution in [0, 0.1) is 6.92 Å². The number of benzene rings is 1. The van der Waals surface area contributed by atoms with Crippen LogP contribution in [-0.4, -0.2) is 20.5 Å². The van der Waals surface area contributed by atoms with Crippen molar-refractivity contribution in [2.24, 2.45) is 5.84 Å². The minimum Gasteiger partial charge on any atom is -0.496 e. The summed E-state index contributed by atoms with van der Waals surface area (Å²) in [7, 11) is -2.14. The molecule has 0 bridgehead atoms. The van der Waals surface area contributed by atoms with Crippen LogP contribution in [0.1, 0.15) is 5.56 Å². The minimum absolute atomic E-state index is 0.0509. The number of hydrogen-bond acceptors (Lipinski definition) is 6. The highest BCUT2D eigenvalue weighted by atomic mass is 32.2. The Bertz CT molecular complexity index is 730. The fraction of sp³-hybridized carbons (Fsp3) is 0.154. The lowest BCUT2D eigenvalue weighted by molar-refractivity contribution is 0.412. The van der Waals surface area contributed by atoms with Gasteiger partial charge >= 0.3 is 0 Å². The van der Waals surface area contributed by atoms with E-state index in [9.17, 15) is 8.42 Å². The fourth-order valence-electron chi connectivity index (χ4n) is 1.78. The van der Waals surface area contributed by atoms with Gasteiger partial charge in [0.25, 0.3) is 10.0 Å². The van der Waals surface area contributed by atoms with Crippen LogP contribution in [0.25, 0.3) is 0 Å². The van der Waals surface area contributed by atoms with Gasteiger partial charge in [-0.3, -0.25) is 4.72 Å². The van der Waals surface area contributed by atoms with E-state index in [0.717, 1.165) is 5.56 Å². The van der Waals surface area contributed by atoms with Crippen LogP contribution in [0.15, 0.2) is 41.4 Å². The highest BCUT2D eigenvalue weighted by Crippen LogP contribution is 2.23. The molecule has 21 heavy (non-hydrogen) atoms. The number of pyridine rings is 1. The van der Waals surface area contributed by atoms with Gasteiger partial charge in [-0.25, -0.2) is 19.2 Å². The van der Waals surface area contributed by atoms with Crippen LogP contribution >= 0.6 is 0 Å². The molecule has 0 saturated heterocycles. The molecule has 0 aliphatic carbocycles. The van der Waals surface area contributed by atoms with Gasteiger partial charge < -0.3 is 10.2 Å². The predicted octanol–water partition coefficient (Wildman–Crippen LogP) is 1.49. The van der Waals surface area contributed by atoms with Gasteiger partial charge in [0, 0.05) is 11.9 Å². The van der Waals surface area contributed by atoms with Crippen LogP contribution in [0.4, 0.5) is 11.5 Å². The number of methoxy groups -OCH3 is 1. The Labute approximate surface area is 123 Å². The third kappa shape index (κ3) is 3.41. The molecular formula is C13H16N4O3S. The molecule has 0 amide bonds. The van der Waals surface area contributed by atoms with Crippen molar-refractivity contribution in [1.29, 1.82) is 0 Å². The first-order chi connectivity index (χ1) is 9.96. The molecule has 7 nitrogen and oxygen atoms in total. The molecular weight excluding hydrogens is 292 g/mol. The maximum absolute atomic E-state index is 12.2. The first kappa shape index (κ1) is 15.1. The summed E-state index contributed by atoms with van der Waals surface area (Å²) >= 11 is 0. The lowest BCUT2D eigenvalue weighted by Gasteiger charge is -2.10. The van der Waals surface area contributed by atoms with Gasteiger partial charge in [0.1, 0.15) is 16.5 Å². The number of aromatic nitrogens is 1. The highest BCUT2D eigenvalue weighted by Gasteiger charge is 2.15. The van der Waals surface area contributed by atoms with Gasteiger partial charge in [0.2, 0.25) is 0 Å². The van der Waals surface area contributed by atoms with E-state index < -0.39 is 10.0 Å². The van der Waals surface area contributed by atoms with Crippen LogP contribution in [-0.2, 0) is 10.0 Å². The van der Waals surface area contributed by atoms with Gasteiger partial charge in [-0.15, -0.1) is 0 Å². The number of sulfonamides is 1. The SMILES string of the molecule is COc1ccc(NS(=O)(=O)c2ccc(NN)nc2)cc1C.